The van der Waals surface area contributed by atoms with Gasteiger partial charge in [-0.05, 0) is 37.1 Å². The largest absolute Gasteiger partial charge is 0.347 e. The molecular weight excluding hydrogens is 363 g/mol. The zero-order valence-corrected chi connectivity index (χ0v) is 15.6. The summed E-state index contributed by atoms with van der Waals surface area (Å²) in [5.74, 6) is -0.177. The van der Waals surface area contributed by atoms with E-state index in [1.807, 2.05) is 4.90 Å². The van der Waals surface area contributed by atoms with Gasteiger partial charge in [0, 0.05) is 24.6 Å². The molecule has 4 rings (SSSR count). The average molecular weight is 386 g/mol. The van der Waals surface area contributed by atoms with E-state index in [2.05, 4.69) is 15.5 Å². The highest BCUT2D eigenvalue weighted by Gasteiger charge is 2.38. The van der Waals surface area contributed by atoms with Crippen LogP contribution in [0.15, 0.2) is 28.8 Å². The molecule has 1 aliphatic carbocycles. The van der Waals surface area contributed by atoms with E-state index in [0.717, 1.165) is 25.7 Å². The van der Waals surface area contributed by atoms with Gasteiger partial charge in [0.25, 0.3) is 0 Å². The van der Waals surface area contributed by atoms with Gasteiger partial charge in [-0.2, -0.15) is 4.98 Å². The van der Waals surface area contributed by atoms with Crippen LogP contribution >= 0.6 is 0 Å². The molecule has 2 amide bonds. The number of amides is 2. The number of benzene rings is 1. The first-order valence-electron chi connectivity index (χ1n) is 9.76. The molecule has 2 aliphatic rings. The number of nitrogens with zero attached hydrogens (tertiary/aromatic N) is 3. The van der Waals surface area contributed by atoms with Gasteiger partial charge >= 0.3 is 0 Å². The molecule has 1 saturated carbocycles. The molecule has 8 heteroatoms. The molecule has 1 unspecified atom stereocenters. The summed E-state index contributed by atoms with van der Waals surface area (Å²) in [6.07, 6.45) is 5.86. The van der Waals surface area contributed by atoms with E-state index in [9.17, 15) is 14.0 Å². The Morgan fingerprint density at radius 3 is 2.71 bits per heavy atom. The van der Waals surface area contributed by atoms with E-state index in [1.54, 1.807) is 12.1 Å². The summed E-state index contributed by atoms with van der Waals surface area (Å²) >= 11 is 0. The first-order chi connectivity index (χ1) is 13.6. The second-order valence-corrected chi connectivity index (χ2v) is 7.48. The zero-order chi connectivity index (χ0) is 19.5. The van der Waals surface area contributed by atoms with Crippen LogP contribution in [0.25, 0.3) is 11.4 Å². The normalized spacial score (nSPS) is 20.5. The lowest BCUT2D eigenvalue weighted by molar-refractivity contribution is -0.130. The van der Waals surface area contributed by atoms with Gasteiger partial charge in [0.15, 0.2) is 0 Å². The Hall–Kier alpha value is -2.77. The quantitative estimate of drug-likeness (QED) is 0.854. The van der Waals surface area contributed by atoms with Crippen molar-refractivity contribution in [2.45, 2.75) is 51.1 Å². The number of nitrogens with one attached hydrogen (secondary N) is 1. The first kappa shape index (κ1) is 18.6. The maximum absolute atomic E-state index is 13.0. The van der Waals surface area contributed by atoms with Crippen LogP contribution in [-0.2, 0) is 16.1 Å². The smallest absolute Gasteiger partial charge is 0.246 e. The summed E-state index contributed by atoms with van der Waals surface area (Å²) in [6.45, 7) is 0.584. The van der Waals surface area contributed by atoms with Gasteiger partial charge in [-0.1, -0.05) is 24.4 Å². The predicted molar refractivity (Wildman–Crippen MR) is 98.2 cm³/mol. The highest BCUT2D eigenvalue weighted by atomic mass is 19.1. The molecular formula is C20H23FN4O3. The van der Waals surface area contributed by atoms with Gasteiger partial charge in [-0.25, -0.2) is 4.39 Å². The number of rotatable bonds is 5. The van der Waals surface area contributed by atoms with E-state index < -0.39 is 0 Å². The molecule has 2 aromatic rings. The molecule has 1 atom stereocenters. The lowest BCUT2D eigenvalue weighted by atomic mass is 9.94. The van der Waals surface area contributed by atoms with Crippen molar-refractivity contribution in [2.24, 2.45) is 5.92 Å². The van der Waals surface area contributed by atoms with Crippen LogP contribution in [0.5, 0.6) is 0 Å². The Bertz CT molecular complexity index is 845. The van der Waals surface area contributed by atoms with E-state index in [-0.39, 0.29) is 48.4 Å². The maximum atomic E-state index is 13.0. The minimum absolute atomic E-state index is 0.0726. The standard InChI is InChI=1S/C20H23FN4O3/c21-15-8-6-13(7-9-15)19-23-17(28-24-19)11-22-20(27)14-10-18(26)25(12-14)16-4-2-1-3-5-16/h6-9,14,16H,1-5,10-12H2,(H,22,27). The van der Waals surface area contributed by atoms with Gasteiger partial charge < -0.3 is 14.7 Å². The average Bonchev–Trinajstić information content (AvgIpc) is 3.34. The maximum Gasteiger partial charge on any atom is 0.246 e. The van der Waals surface area contributed by atoms with E-state index in [0.29, 0.717) is 17.9 Å². The molecule has 2 heterocycles. The van der Waals surface area contributed by atoms with Crippen molar-refractivity contribution in [3.63, 3.8) is 0 Å². The van der Waals surface area contributed by atoms with Gasteiger partial charge in [0.1, 0.15) is 5.82 Å². The second kappa shape index (κ2) is 8.08. The molecule has 0 radical (unpaired) electrons. The predicted octanol–water partition coefficient (Wildman–Crippen LogP) is 2.67. The van der Waals surface area contributed by atoms with Crippen LogP contribution in [0.1, 0.15) is 44.4 Å². The summed E-state index contributed by atoms with van der Waals surface area (Å²) in [4.78, 5) is 30.9. The lowest BCUT2D eigenvalue weighted by Crippen LogP contribution is -2.39. The third kappa shape index (κ3) is 4.05. The van der Waals surface area contributed by atoms with Gasteiger partial charge in [0.2, 0.25) is 23.5 Å². The van der Waals surface area contributed by atoms with Crippen molar-refractivity contribution in [1.82, 2.24) is 20.4 Å². The van der Waals surface area contributed by atoms with E-state index >= 15 is 0 Å². The fraction of sp³-hybridized carbons (Fsp3) is 0.500. The number of aromatic nitrogens is 2. The third-order valence-corrected chi connectivity index (χ3v) is 5.53. The summed E-state index contributed by atoms with van der Waals surface area (Å²) in [6, 6.07) is 6.05. The summed E-state index contributed by atoms with van der Waals surface area (Å²) in [7, 11) is 0. The number of carbonyl (C=O) groups excluding carboxylic acids is 2. The molecule has 2 fully saturated rings. The van der Waals surface area contributed by atoms with Crippen molar-refractivity contribution in [2.75, 3.05) is 6.54 Å². The molecule has 0 bridgehead atoms. The summed E-state index contributed by atoms with van der Waals surface area (Å²) in [5, 5.41) is 6.64. The molecule has 1 aliphatic heterocycles. The molecule has 7 nitrogen and oxygen atoms in total. The molecule has 1 N–H and O–H groups in total. The van der Waals surface area contributed by atoms with Crippen molar-refractivity contribution >= 4 is 11.8 Å². The Morgan fingerprint density at radius 1 is 1.21 bits per heavy atom. The monoisotopic (exact) mass is 386 g/mol. The highest BCUT2D eigenvalue weighted by Crippen LogP contribution is 2.28. The van der Waals surface area contributed by atoms with Crippen LogP contribution in [0.3, 0.4) is 0 Å². The van der Waals surface area contributed by atoms with Gasteiger partial charge in [-0.15, -0.1) is 0 Å². The van der Waals surface area contributed by atoms with Crippen molar-refractivity contribution in [1.29, 1.82) is 0 Å². The third-order valence-electron chi connectivity index (χ3n) is 5.53. The molecule has 28 heavy (non-hydrogen) atoms. The van der Waals surface area contributed by atoms with Crippen LogP contribution in [0.2, 0.25) is 0 Å². The Balaban J connectivity index is 1.31. The SMILES string of the molecule is O=C(NCc1nc(-c2ccc(F)cc2)no1)C1CC(=O)N(C2CCCCC2)C1. The Kier molecular flexibility index (Phi) is 5.36. The molecule has 0 spiro atoms. The fourth-order valence-electron chi connectivity index (χ4n) is 4.00. The van der Waals surface area contributed by atoms with Gasteiger partial charge in [-0.3, -0.25) is 9.59 Å². The molecule has 1 aromatic heterocycles. The summed E-state index contributed by atoms with van der Waals surface area (Å²) in [5.41, 5.74) is 0.632. The van der Waals surface area contributed by atoms with Crippen LogP contribution < -0.4 is 5.32 Å². The van der Waals surface area contributed by atoms with Crippen molar-refractivity contribution in [3.8, 4) is 11.4 Å². The fourth-order valence-corrected chi connectivity index (χ4v) is 4.00. The molecule has 148 valence electrons. The van der Waals surface area contributed by atoms with E-state index in [4.69, 9.17) is 4.52 Å². The number of carbonyl (C=O) groups is 2. The van der Waals surface area contributed by atoms with Gasteiger partial charge in [0.05, 0.1) is 12.5 Å². The second-order valence-electron chi connectivity index (χ2n) is 7.48. The molecule has 1 aromatic carbocycles. The minimum Gasteiger partial charge on any atom is -0.347 e. The zero-order valence-electron chi connectivity index (χ0n) is 15.6. The minimum atomic E-state index is -0.340. The Labute approximate surface area is 162 Å². The lowest BCUT2D eigenvalue weighted by Gasteiger charge is -2.31. The Morgan fingerprint density at radius 2 is 1.96 bits per heavy atom. The van der Waals surface area contributed by atoms with Crippen LogP contribution in [0, 0.1) is 11.7 Å². The number of hydrogen-bond donors (Lipinski definition) is 1. The van der Waals surface area contributed by atoms with Crippen molar-refractivity contribution < 1.29 is 18.5 Å². The highest BCUT2D eigenvalue weighted by molar-refractivity contribution is 5.89. The van der Waals surface area contributed by atoms with Crippen molar-refractivity contribution in [3.05, 3.63) is 36.0 Å². The summed E-state index contributed by atoms with van der Waals surface area (Å²) < 4.78 is 18.2. The van der Waals surface area contributed by atoms with Crippen LogP contribution in [0.4, 0.5) is 4.39 Å². The van der Waals surface area contributed by atoms with Crippen LogP contribution in [-0.4, -0.2) is 39.4 Å². The number of halogens is 1. The van der Waals surface area contributed by atoms with E-state index in [1.165, 1.54) is 18.6 Å². The first-order valence-corrected chi connectivity index (χ1v) is 9.76. The topological polar surface area (TPSA) is 88.3 Å². The number of likely N-dealkylation sites (tertiary alicyclic amines) is 1. The molecule has 1 saturated heterocycles. The number of hydrogen-bond acceptors (Lipinski definition) is 5.